The Morgan fingerprint density at radius 2 is 2.04 bits per heavy atom. The molecule has 3 rings (SSSR count). The van der Waals surface area contributed by atoms with Crippen molar-refractivity contribution in [3.63, 3.8) is 0 Å². The van der Waals surface area contributed by atoms with Crippen molar-refractivity contribution in [2.45, 2.75) is 17.7 Å². The molecule has 136 valence electrons. The summed E-state index contributed by atoms with van der Waals surface area (Å²) < 4.78 is 39.7. The molecule has 1 fully saturated rings. The minimum Gasteiger partial charge on any atom is -0.316 e. The molecule has 0 saturated carbocycles. The van der Waals surface area contributed by atoms with Crippen LogP contribution < -0.4 is 5.32 Å². The number of carbonyl (C=O) groups is 1. The molecule has 0 bridgehead atoms. The Balaban J connectivity index is 1.73. The van der Waals surface area contributed by atoms with Crippen molar-refractivity contribution in [2.75, 3.05) is 18.4 Å². The first-order chi connectivity index (χ1) is 12.4. The van der Waals surface area contributed by atoms with Gasteiger partial charge in [0.15, 0.2) is 0 Å². The van der Waals surface area contributed by atoms with Crippen LogP contribution in [0.15, 0.2) is 40.6 Å². The standard InChI is InChI=1S/C17H16FN3O3S2/c18-14-3-5-15(6-4-14)26(23,24)21-8-1-2-13(11-21)16(22)20-17-12(10-19)7-9-25-17/h3-7,9,13H,1-2,8,11H2,(H,20,22). The lowest BCUT2D eigenvalue weighted by molar-refractivity contribution is -0.120. The van der Waals surface area contributed by atoms with Gasteiger partial charge in [-0.1, -0.05) is 0 Å². The summed E-state index contributed by atoms with van der Waals surface area (Å²) in [5, 5.41) is 13.9. The van der Waals surface area contributed by atoms with Crippen LogP contribution in [0, 0.1) is 23.1 Å². The van der Waals surface area contributed by atoms with Crippen LogP contribution in [0.3, 0.4) is 0 Å². The number of anilines is 1. The third-order valence-electron chi connectivity index (χ3n) is 4.23. The van der Waals surface area contributed by atoms with Gasteiger partial charge in [0, 0.05) is 13.1 Å². The molecule has 1 aliphatic heterocycles. The summed E-state index contributed by atoms with van der Waals surface area (Å²) in [6.07, 6.45) is 1.11. The van der Waals surface area contributed by atoms with E-state index in [-0.39, 0.29) is 17.3 Å². The Morgan fingerprint density at radius 1 is 1.31 bits per heavy atom. The largest absolute Gasteiger partial charge is 0.316 e. The molecule has 1 aromatic heterocycles. The maximum Gasteiger partial charge on any atom is 0.243 e. The van der Waals surface area contributed by atoms with Gasteiger partial charge < -0.3 is 5.32 Å². The molecule has 26 heavy (non-hydrogen) atoms. The minimum atomic E-state index is -3.78. The predicted molar refractivity (Wildman–Crippen MR) is 95.5 cm³/mol. The van der Waals surface area contributed by atoms with Crippen molar-refractivity contribution in [3.8, 4) is 6.07 Å². The van der Waals surface area contributed by atoms with Crippen LogP contribution >= 0.6 is 11.3 Å². The van der Waals surface area contributed by atoms with Gasteiger partial charge in [0.1, 0.15) is 16.9 Å². The van der Waals surface area contributed by atoms with Crippen LogP contribution in [0.5, 0.6) is 0 Å². The van der Waals surface area contributed by atoms with E-state index in [1.807, 2.05) is 6.07 Å². The van der Waals surface area contributed by atoms with E-state index < -0.39 is 21.8 Å². The van der Waals surface area contributed by atoms with Crippen molar-refractivity contribution in [1.29, 1.82) is 5.26 Å². The number of benzene rings is 1. The second-order valence-corrected chi connectivity index (χ2v) is 8.77. The number of carbonyl (C=O) groups excluding carboxylic acids is 1. The van der Waals surface area contributed by atoms with Crippen molar-refractivity contribution < 1.29 is 17.6 Å². The third kappa shape index (κ3) is 3.77. The highest BCUT2D eigenvalue weighted by Crippen LogP contribution is 2.27. The molecule has 9 heteroatoms. The Morgan fingerprint density at radius 3 is 2.73 bits per heavy atom. The van der Waals surface area contributed by atoms with Gasteiger partial charge in [0.2, 0.25) is 15.9 Å². The Kier molecular flexibility index (Phi) is 5.36. The van der Waals surface area contributed by atoms with Gasteiger partial charge in [-0.25, -0.2) is 12.8 Å². The number of halogens is 1. The van der Waals surface area contributed by atoms with E-state index in [1.54, 1.807) is 11.4 Å². The molecule has 1 aromatic carbocycles. The van der Waals surface area contributed by atoms with Gasteiger partial charge in [-0.3, -0.25) is 4.79 Å². The molecule has 1 aliphatic rings. The SMILES string of the molecule is N#Cc1ccsc1NC(=O)C1CCCN(S(=O)(=O)c2ccc(F)cc2)C1. The van der Waals surface area contributed by atoms with Crippen LogP contribution in [0.4, 0.5) is 9.39 Å². The number of thiophene rings is 1. The lowest BCUT2D eigenvalue weighted by Gasteiger charge is -2.31. The first kappa shape index (κ1) is 18.5. The zero-order chi connectivity index (χ0) is 18.7. The zero-order valence-electron chi connectivity index (χ0n) is 13.7. The molecule has 1 atom stereocenters. The maximum atomic E-state index is 13.0. The number of rotatable bonds is 4. The highest BCUT2D eigenvalue weighted by molar-refractivity contribution is 7.89. The quantitative estimate of drug-likeness (QED) is 0.865. The van der Waals surface area contributed by atoms with Gasteiger partial charge in [0.05, 0.1) is 16.4 Å². The summed E-state index contributed by atoms with van der Waals surface area (Å²) in [6.45, 7) is 0.366. The number of hydrogen-bond donors (Lipinski definition) is 1. The normalized spacial score (nSPS) is 18.2. The number of hydrogen-bond acceptors (Lipinski definition) is 5. The molecule has 1 saturated heterocycles. The van der Waals surface area contributed by atoms with Crippen LogP contribution in [-0.2, 0) is 14.8 Å². The monoisotopic (exact) mass is 393 g/mol. The summed E-state index contributed by atoms with van der Waals surface area (Å²) in [6, 6.07) is 8.26. The average Bonchev–Trinajstić information content (AvgIpc) is 3.09. The Labute approximate surface area is 154 Å². The van der Waals surface area contributed by atoms with Gasteiger partial charge in [0.25, 0.3) is 0 Å². The summed E-state index contributed by atoms with van der Waals surface area (Å²) in [7, 11) is -3.78. The average molecular weight is 393 g/mol. The van der Waals surface area contributed by atoms with E-state index in [4.69, 9.17) is 5.26 Å². The lowest BCUT2D eigenvalue weighted by Crippen LogP contribution is -2.43. The maximum absolute atomic E-state index is 13.0. The molecule has 6 nitrogen and oxygen atoms in total. The molecule has 2 heterocycles. The van der Waals surface area contributed by atoms with Crippen LogP contribution in [0.1, 0.15) is 18.4 Å². The Hall–Kier alpha value is -2.28. The molecule has 2 aromatic rings. The number of nitrogens with zero attached hydrogens (tertiary/aromatic N) is 2. The van der Waals surface area contributed by atoms with Crippen LogP contribution in [0.2, 0.25) is 0 Å². The smallest absolute Gasteiger partial charge is 0.243 e. The van der Waals surface area contributed by atoms with E-state index >= 15 is 0 Å². The third-order valence-corrected chi connectivity index (χ3v) is 6.94. The van der Waals surface area contributed by atoms with Crippen molar-refractivity contribution in [2.24, 2.45) is 5.92 Å². The summed E-state index contributed by atoms with van der Waals surface area (Å²) in [5.41, 5.74) is 0.384. The first-order valence-corrected chi connectivity index (χ1v) is 10.3. The lowest BCUT2D eigenvalue weighted by atomic mass is 9.99. The summed E-state index contributed by atoms with van der Waals surface area (Å²) in [5.74, 6) is -1.32. The van der Waals surface area contributed by atoms with Crippen LogP contribution in [0.25, 0.3) is 0 Å². The molecular formula is C17H16FN3O3S2. The van der Waals surface area contributed by atoms with E-state index in [0.29, 0.717) is 30.0 Å². The number of piperidine rings is 1. The van der Waals surface area contributed by atoms with E-state index in [9.17, 15) is 17.6 Å². The second-order valence-electron chi connectivity index (χ2n) is 5.92. The topological polar surface area (TPSA) is 90.3 Å². The predicted octanol–water partition coefficient (Wildman–Crippen LogP) is 2.80. The van der Waals surface area contributed by atoms with Gasteiger partial charge >= 0.3 is 0 Å². The molecule has 1 unspecified atom stereocenters. The summed E-state index contributed by atoms with van der Waals surface area (Å²) >= 11 is 1.25. The van der Waals surface area contributed by atoms with E-state index in [0.717, 1.165) is 12.1 Å². The first-order valence-electron chi connectivity index (χ1n) is 7.96. The molecule has 1 N–H and O–H groups in total. The molecular weight excluding hydrogens is 377 g/mol. The molecule has 0 spiro atoms. The highest BCUT2D eigenvalue weighted by Gasteiger charge is 2.33. The summed E-state index contributed by atoms with van der Waals surface area (Å²) in [4.78, 5) is 12.5. The fraction of sp³-hybridized carbons (Fsp3) is 0.294. The minimum absolute atomic E-state index is 0.00461. The Bertz CT molecular complexity index is 948. The van der Waals surface area contributed by atoms with Crippen molar-refractivity contribution in [3.05, 3.63) is 47.1 Å². The van der Waals surface area contributed by atoms with Gasteiger partial charge in [-0.15, -0.1) is 11.3 Å². The second kappa shape index (κ2) is 7.53. The van der Waals surface area contributed by atoms with Crippen molar-refractivity contribution in [1.82, 2.24) is 4.31 Å². The fourth-order valence-electron chi connectivity index (χ4n) is 2.84. The van der Waals surface area contributed by atoms with Crippen molar-refractivity contribution >= 4 is 32.3 Å². The number of nitriles is 1. The highest BCUT2D eigenvalue weighted by atomic mass is 32.2. The number of amides is 1. The fourth-order valence-corrected chi connectivity index (χ4v) is 5.10. The van der Waals surface area contributed by atoms with Gasteiger partial charge in [-0.2, -0.15) is 9.57 Å². The molecule has 0 radical (unpaired) electrons. The zero-order valence-corrected chi connectivity index (χ0v) is 15.3. The van der Waals surface area contributed by atoms with E-state index in [1.165, 1.54) is 27.8 Å². The van der Waals surface area contributed by atoms with Gasteiger partial charge in [-0.05, 0) is 48.6 Å². The molecule has 0 aliphatic carbocycles. The molecule has 1 amide bonds. The number of nitrogens with one attached hydrogen (secondary N) is 1. The number of sulfonamides is 1. The van der Waals surface area contributed by atoms with E-state index in [2.05, 4.69) is 5.32 Å². The van der Waals surface area contributed by atoms with Crippen LogP contribution in [-0.4, -0.2) is 31.7 Å².